The number of carbonyl (C=O) groups excluding carboxylic acids is 1. The van der Waals surface area contributed by atoms with Gasteiger partial charge in [-0.15, -0.1) is 11.3 Å². The third kappa shape index (κ3) is 2.81. The number of anilines is 1. The van der Waals surface area contributed by atoms with Crippen LogP contribution >= 0.6 is 11.3 Å². The molecule has 0 aromatic carbocycles. The molecule has 1 saturated carbocycles. The summed E-state index contributed by atoms with van der Waals surface area (Å²) < 4.78 is 1.55. The fourth-order valence-electron chi connectivity index (χ4n) is 2.32. The van der Waals surface area contributed by atoms with E-state index in [1.807, 2.05) is 12.3 Å². The maximum absolute atomic E-state index is 12.2. The molecule has 1 aliphatic rings. The van der Waals surface area contributed by atoms with Crippen molar-refractivity contribution in [2.24, 2.45) is 0 Å². The van der Waals surface area contributed by atoms with Crippen molar-refractivity contribution in [2.45, 2.75) is 46.2 Å². The first-order chi connectivity index (χ1) is 10.5. The minimum atomic E-state index is -0.0485. The average molecular weight is 318 g/mol. The minimum Gasteiger partial charge on any atom is -0.293 e. The van der Waals surface area contributed by atoms with Gasteiger partial charge in [-0.25, -0.2) is 9.97 Å². The molecule has 6 nitrogen and oxygen atoms in total. The Hall–Kier alpha value is -2.02. The van der Waals surface area contributed by atoms with E-state index in [1.54, 1.807) is 29.6 Å². The molecule has 1 amide bonds. The van der Waals surface area contributed by atoms with Crippen LogP contribution < -0.4 is 10.5 Å². The molecule has 3 rings (SSSR count). The van der Waals surface area contributed by atoms with Crippen LogP contribution in [-0.2, 0) is 11.3 Å². The van der Waals surface area contributed by atoms with Gasteiger partial charge >= 0.3 is 0 Å². The third-order valence-electron chi connectivity index (χ3n) is 3.84. The monoisotopic (exact) mass is 318 g/mol. The maximum Gasteiger partial charge on any atom is 0.256 e. The maximum atomic E-state index is 12.2. The lowest BCUT2D eigenvalue weighted by molar-refractivity contribution is -0.116. The molecule has 1 fully saturated rings. The molecule has 0 aliphatic heterocycles. The first-order valence-corrected chi connectivity index (χ1v) is 8.12. The van der Waals surface area contributed by atoms with Gasteiger partial charge in [0.05, 0.1) is 18.6 Å². The van der Waals surface area contributed by atoms with E-state index in [1.165, 1.54) is 11.3 Å². The van der Waals surface area contributed by atoms with Gasteiger partial charge in [0.25, 0.3) is 5.56 Å². The quantitative estimate of drug-likeness (QED) is 0.863. The molecule has 0 saturated heterocycles. The number of nitrogens with zero attached hydrogens (tertiary/aromatic N) is 4. The van der Waals surface area contributed by atoms with Crippen LogP contribution in [0.4, 0.5) is 5.13 Å². The molecule has 0 radical (unpaired) electrons. The highest BCUT2D eigenvalue weighted by atomic mass is 32.1. The zero-order valence-electron chi connectivity index (χ0n) is 12.9. The number of hydrogen-bond acceptors (Lipinski definition) is 5. The molecule has 116 valence electrons. The molecule has 22 heavy (non-hydrogen) atoms. The second kappa shape index (κ2) is 5.64. The van der Waals surface area contributed by atoms with E-state index in [0.29, 0.717) is 18.2 Å². The highest BCUT2D eigenvalue weighted by molar-refractivity contribution is 7.14. The molecule has 0 N–H and O–H groups in total. The van der Waals surface area contributed by atoms with Crippen molar-refractivity contribution < 1.29 is 4.79 Å². The van der Waals surface area contributed by atoms with Crippen LogP contribution in [0.3, 0.4) is 0 Å². The summed E-state index contributed by atoms with van der Waals surface area (Å²) in [5.74, 6) is 0.0217. The number of aryl methyl sites for hydroxylation is 1. The summed E-state index contributed by atoms with van der Waals surface area (Å²) in [6.45, 7) is 5.54. The van der Waals surface area contributed by atoms with Crippen LogP contribution in [0.15, 0.2) is 16.5 Å². The van der Waals surface area contributed by atoms with E-state index in [4.69, 9.17) is 0 Å². The Bertz CT molecular complexity index is 776. The van der Waals surface area contributed by atoms with Gasteiger partial charge in [0.15, 0.2) is 5.13 Å². The van der Waals surface area contributed by atoms with Crippen molar-refractivity contribution in [3.8, 4) is 0 Å². The van der Waals surface area contributed by atoms with E-state index in [2.05, 4.69) is 9.97 Å². The fourth-order valence-corrected chi connectivity index (χ4v) is 3.25. The van der Waals surface area contributed by atoms with Crippen LogP contribution in [0.5, 0.6) is 0 Å². The zero-order valence-corrected chi connectivity index (χ0v) is 13.7. The zero-order chi connectivity index (χ0) is 15.9. The third-order valence-corrected chi connectivity index (χ3v) is 4.73. The largest absolute Gasteiger partial charge is 0.293 e. The summed E-state index contributed by atoms with van der Waals surface area (Å²) in [7, 11) is 0. The van der Waals surface area contributed by atoms with Crippen molar-refractivity contribution in [2.75, 3.05) is 4.90 Å². The number of rotatable bonds is 4. The normalized spacial score (nSPS) is 14.1. The molecule has 7 heteroatoms. The van der Waals surface area contributed by atoms with Gasteiger partial charge in [-0.3, -0.25) is 19.1 Å². The van der Waals surface area contributed by atoms with Crippen LogP contribution in [0.25, 0.3) is 0 Å². The number of aromatic nitrogens is 3. The summed E-state index contributed by atoms with van der Waals surface area (Å²) in [5.41, 5.74) is 2.13. The summed E-state index contributed by atoms with van der Waals surface area (Å²) in [5, 5.41) is 2.62. The highest BCUT2D eigenvalue weighted by Crippen LogP contribution is 2.33. The van der Waals surface area contributed by atoms with Crippen LogP contribution in [-0.4, -0.2) is 26.5 Å². The lowest BCUT2D eigenvalue weighted by atomic mass is 10.3. The lowest BCUT2D eigenvalue weighted by Gasteiger charge is -2.16. The molecule has 0 unspecified atom stereocenters. The number of thiazole rings is 1. The summed E-state index contributed by atoms with van der Waals surface area (Å²) in [6.07, 6.45) is 3.62. The fraction of sp³-hybridized carbons (Fsp3) is 0.467. The summed E-state index contributed by atoms with van der Waals surface area (Å²) in [6, 6.07) is 0.294. The van der Waals surface area contributed by atoms with Crippen LogP contribution in [0.2, 0.25) is 0 Å². The standard InChI is InChI=1S/C15H18N4O2S/c1-9-10(2)16-8-18(14(9)21)6-12-7-22-15(17-12)19(11(3)20)13-4-5-13/h7-8,13H,4-6H2,1-3H3. The predicted octanol–water partition coefficient (Wildman–Crippen LogP) is 1.88. The van der Waals surface area contributed by atoms with E-state index in [-0.39, 0.29) is 11.5 Å². The second-order valence-electron chi connectivity index (χ2n) is 5.63. The molecule has 0 bridgehead atoms. The molecule has 2 heterocycles. The SMILES string of the molecule is CC(=O)N(c1nc(Cn2cnc(C)c(C)c2=O)cs1)C1CC1. The number of amides is 1. The second-order valence-corrected chi connectivity index (χ2v) is 6.47. The van der Waals surface area contributed by atoms with Gasteiger partial charge < -0.3 is 0 Å². The topological polar surface area (TPSA) is 68.1 Å². The van der Waals surface area contributed by atoms with E-state index < -0.39 is 0 Å². The number of hydrogen-bond donors (Lipinski definition) is 0. The van der Waals surface area contributed by atoms with Crippen molar-refractivity contribution in [3.63, 3.8) is 0 Å². The first-order valence-electron chi connectivity index (χ1n) is 7.24. The summed E-state index contributed by atoms with van der Waals surface area (Å²) in [4.78, 5) is 34.4. The van der Waals surface area contributed by atoms with Gasteiger partial charge in [-0.05, 0) is 26.7 Å². The van der Waals surface area contributed by atoms with Crippen LogP contribution in [0.1, 0.15) is 36.7 Å². The highest BCUT2D eigenvalue weighted by Gasteiger charge is 2.33. The Balaban J connectivity index is 1.84. The molecular weight excluding hydrogens is 300 g/mol. The Labute approximate surface area is 132 Å². The Morgan fingerprint density at radius 3 is 2.82 bits per heavy atom. The first kappa shape index (κ1) is 14.9. The molecule has 0 spiro atoms. The minimum absolute atomic E-state index is 0.0217. The molecular formula is C15H18N4O2S. The molecule has 0 atom stereocenters. The Kier molecular flexibility index (Phi) is 3.82. The van der Waals surface area contributed by atoms with Gasteiger partial charge in [-0.2, -0.15) is 0 Å². The lowest BCUT2D eigenvalue weighted by Crippen LogP contribution is -2.30. The Morgan fingerprint density at radius 1 is 1.45 bits per heavy atom. The predicted molar refractivity (Wildman–Crippen MR) is 85.4 cm³/mol. The van der Waals surface area contributed by atoms with Crippen molar-refractivity contribution in [3.05, 3.63) is 39.0 Å². The van der Waals surface area contributed by atoms with Gasteiger partial charge in [0.1, 0.15) is 0 Å². The van der Waals surface area contributed by atoms with E-state index >= 15 is 0 Å². The summed E-state index contributed by atoms with van der Waals surface area (Å²) >= 11 is 1.44. The van der Waals surface area contributed by atoms with Gasteiger partial charge in [0, 0.05) is 29.6 Å². The molecule has 2 aromatic rings. The van der Waals surface area contributed by atoms with Crippen LogP contribution in [0, 0.1) is 13.8 Å². The van der Waals surface area contributed by atoms with E-state index in [0.717, 1.165) is 29.4 Å². The smallest absolute Gasteiger partial charge is 0.256 e. The molecule has 1 aliphatic carbocycles. The van der Waals surface area contributed by atoms with Crippen molar-refractivity contribution >= 4 is 22.4 Å². The van der Waals surface area contributed by atoms with E-state index in [9.17, 15) is 9.59 Å². The van der Waals surface area contributed by atoms with Crippen molar-refractivity contribution in [1.82, 2.24) is 14.5 Å². The van der Waals surface area contributed by atoms with Crippen molar-refractivity contribution in [1.29, 1.82) is 0 Å². The van der Waals surface area contributed by atoms with Gasteiger partial charge in [0.2, 0.25) is 5.91 Å². The van der Waals surface area contributed by atoms with Gasteiger partial charge in [-0.1, -0.05) is 0 Å². The molecule has 2 aromatic heterocycles. The number of carbonyl (C=O) groups is 1. The Morgan fingerprint density at radius 2 is 2.18 bits per heavy atom. The average Bonchev–Trinajstić information content (AvgIpc) is 3.19.